The van der Waals surface area contributed by atoms with E-state index < -0.39 is 6.04 Å². The van der Waals surface area contributed by atoms with Gasteiger partial charge in [0, 0.05) is 23.7 Å². The number of benzene rings is 3. The van der Waals surface area contributed by atoms with Gasteiger partial charge in [-0.05, 0) is 35.7 Å². The summed E-state index contributed by atoms with van der Waals surface area (Å²) in [6.45, 7) is 0.667. The minimum Gasteiger partial charge on any atom is -0.497 e. The van der Waals surface area contributed by atoms with E-state index in [2.05, 4.69) is 10.3 Å². The largest absolute Gasteiger partial charge is 0.497 e. The van der Waals surface area contributed by atoms with Crippen LogP contribution in [0.2, 0.25) is 5.02 Å². The van der Waals surface area contributed by atoms with Crippen molar-refractivity contribution < 1.29 is 9.53 Å². The molecule has 1 heterocycles. The second-order valence-electron chi connectivity index (χ2n) is 7.12. The van der Waals surface area contributed by atoms with Gasteiger partial charge in [-0.3, -0.25) is 4.79 Å². The summed E-state index contributed by atoms with van der Waals surface area (Å²) in [5, 5.41) is 4.90. The number of rotatable bonds is 8. The van der Waals surface area contributed by atoms with Crippen LogP contribution in [0.1, 0.15) is 27.5 Å². The number of carbonyl (C=O) groups excluding carboxylic acids is 1. The lowest BCUT2D eigenvalue weighted by molar-refractivity contribution is 0.0945. The molecular formula is C25H23ClN2O2. The number of carbonyl (C=O) groups is 1. The van der Waals surface area contributed by atoms with Crippen molar-refractivity contribution in [1.82, 2.24) is 10.3 Å². The Kier molecular flexibility index (Phi) is 6.17. The van der Waals surface area contributed by atoms with Crippen molar-refractivity contribution >= 4 is 28.3 Å². The number of para-hydroxylation sites is 1. The molecule has 0 radical (unpaired) electrons. The van der Waals surface area contributed by atoms with Crippen LogP contribution in [-0.2, 0) is 6.42 Å². The maximum absolute atomic E-state index is 13.5. The van der Waals surface area contributed by atoms with E-state index >= 15 is 0 Å². The molecule has 2 N–H and O–H groups in total. The molecule has 5 heteroatoms. The number of methoxy groups -OCH3 is 1. The second-order valence-corrected chi connectivity index (χ2v) is 7.53. The molecule has 0 aliphatic rings. The first-order chi connectivity index (χ1) is 14.7. The van der Waals surface area contributed by atoms with Crippen LogP contribution in [0.5, 0.6) is 5.75 Å². The highest BCUT2D eigenvalue weighted by Gasteiger charge is 2.24. The SMILES string of the molecule is COc1ccc(CCN[C@@H](C(=O)c2c[nH]c3c(Cl)cccc23)c2ccccc2)cc1. The topological polar surface area (TPSA) is 54.1 Å². The highest BCUT2D eigenvalue weighted by Crippen LogP contribution is 2.28. The van der Waals surface area contributed by atoms with E-state index in [9.17, 15) is 4.79 Å². The maximum atomic E-state index is 13.5. The van der Waals surface area contributed by atoms with Crippen LogP contribution < -0.4 is 10.1 Å². The molecule has 0 unspecified atom stereocenters. The van der Waals surface area contributed by atoms with E-state index in [0.717, 1.165) is 28.6 Å². The summed E-state index contributed by atoms with van der Waals surface area (Å²) in [6, 6.07) is 23.0. The average Bonchev–Trinajstić information content (AvgIpc) is 3.23. The molecule has 0 aliphatic carbocycles. The van der Waals surface area contributed by atoms with Crippen molar-refractivity contribution in [2.24, 2.45) is 0 Å². The summed E-state index contributed by atoms with van der Waals surface area (Å²) in [4.78, 5) is 16.7. The van der Waals surface area contributed by atoms with Gasteiger partial charge in [0.2, 0.25) is 0 Å². The zero-order chi connectivity index (χ0) is 20.9. The van der Waals surface area contributed by atoms with Crippen LogP contribution in [0.25, 0.3) is 10.9 Å². The zero-order valence-corrected chi connectivity index (χ0v) is 17.4. The van der Waals surface area contributed by atoms with Crippen molar-refractivity contribution in [3.63, 3.8) is 0 Å². The summed E-state index contributed by atoms with van der Waals surface area (Å²) < 4.78 is 5.21. The zero-order valence-electron chi connectivity index (χ0n) is 16.7. The number of H-pyrrole nitrogens is 1. The minimum absolute atomic E-state index is 0.0180. The maximum Gasteiger partial charge on any atom is 0.186 e. The molecule has 1 atom stereocenters. The standard InChI is InChI=1S/C25H23ClN2O2/c1-30-19-12-10-17(11-13-19)14-15-27-23(18-6-3-2-4-7-18)25(29)21-16-28-24-20(21)8-5-9-22(24)26/h2-13,16,23,27-28H,14-15H2,1H3/t23-/m1/s1. The van der Waals surface area contributed by atoms with E-state index in [1.807, 2.05) is 72.8 Å². The van der Waals surface area contributed by atoms with Crippen LogP contribution >= 0.6 is 11.6 Å². The Balaban J connectivity index is 1.56. The first-order valence-electron chi connectivity index (χ1n) is 9.88. The third-order valence-electron chi connectivity index (χ3n) is 5.25. The molecule has 0 bridgehead atoms. The molecule has 152 valence electrons. The number of fused-ring (bicyclic) bond motifs is 1. The van der Waals surface area contributed by atoms with Gasteiger partial charge in [-0.25, -0.2) is 0 Å². The van der Waals surface area contributed by atoms with Gasteiger partial charge in [-0.1, -0.05) is 66.2 Å². The van der Waals surface area contributed by atoms with Crippen LogP contribution in [0.3, 0.4) is 0 Å². The number of ether oxygens (including phenoxy) is 1. The normalized spacial score (nSPS) is 12.1. The summed E-state index contributed by atoms with van der Waals surface area (Å²) in [5.41, 5.74) is 3.54. The van der Waals surface area contributed by atoms with Crippen molar-refractivity contribution in [2.45, 2.75) is 12.5 Å². The third kappa shape index (κ3) is 4.25. The quantitative estimate of drug-likeness (QED) is 0.367. The molecule has 4 rings (SSSR count). The van der Waals surface area contributed by atoms with Crippen molar-refractivity contribution in [3.8, 4) is 5.75 Å². The van der Waals surface area contributed by atoms with Crippen molar-refractivity contribution in [3.05, 3.63) is 101 Å². The molecule has 0 aliphatic heterocycles. The molecule has 4 nitrogen and oxygen atoms in total. The number of aromatic nitrogens is 1. The number of halogens is 1. The van der Waals surface area contributed by atoms with Gasteiger partial charge in [-0.15, -0.1) is 0 Å². The van der Waals surface area contributed by atoms with Gasteiger partial charge in [0.15, 0.2) is 5.78 Å². The number of aromatic amines is 1. The van der Waals surface area contributed by atoms with E-state index in [0.29, 0.717) is 17.1 Å². The Morgan fingerprint density at radius 1 is 1.03 bits per heavy atom. The minimum atomic E-state index is -0.442. The Morgan fingerprint density at radius 3 is 2.53 bits per heavy atom. The van der Waals surface area contributed by atoms with Gasteiger partial charge in [-0.2, -0.15) is 0 Å². The highest BCUT2D eigenvalue weighted by atomic mass is 35.5. The van der Waals surface area contributed by atoms with E-state index in [4.69, 9.17) is 16.3 Å². The van der Waals surface area contributed by atoms with Crippen LogP contribution in [0.4, 0.5) is 0 Å². The van der Waals surface area contributed by atoms with Crippen LogP contribution in [0.15, 0.2) is 79.0 Å². The predicted octanol–water partition coefficient (Wildman–Crippen LogP) is 5.59. The first-order valence-corrected chi connectivity index (χ1v) is 10.3. The van der Waals surface area contributed by atoms with Gasteiger partial charge >= 0.3 is 0 Å². The van der Waals surface area contributed by atoms with Crippen LogP contribution in [-0.4, -0.2) is 24.4 Å². The Labute approximate surface area is 180 Å². The van der Waals surface area contributed by atoms with Crippen LogP contribution in [0, 0.1) is 0 Å². The number of hydrogen-bond donors (Lipinski definition) is 2. The molecule has 0 saturated heterocycles. The fourth-order valence-corrected chi connectivity index (χ4v) is 3.87. The lowest BCUT2D eigenvalue weighted by Gasteiger charge is -2.18. The van der Waals surface area contributed by atoms with E-state index in [1.165, 1.54) is 5.56 Å². The molecule has 0 spiro atoms. The first kappa shape index (κ1) is 20.2. The van der Waals surface area contributed by atoms with Crippen molar-refractivity contribution in [2.75, 3.05) is 13.7 Å². The fraction of sp³-hybridized carbons (Fsp3) is 0.160. The lowest BCUT2D eigenvalue weighted by atomic mass is 9.96. The van der Waals surface area contributed by atoms with Gasteiger partial charge in [0.1, 0.15) is 5.75 Å². The summed E-state index contributed by atoms with van der Waals surface area (Å²) in [6.07, 6.45) is 2.56. The monoisotopic (exact) mass is 418 g/mol. The summed E-state index contributed by atoms with van der Waals surface area (Å²) >= 11 is 6.28. The molecule has 30 heavy (non-hydrogen) atoms. The molecule has 0 saturated carbocycles. The second kappa shape index (κ2) is 9.16. The number of ketones is 1. The summed E-state index contributed by atoms with van der Waals surface area (Å²) in [7, 11) is 1.66. The van der Waals surface area contributed by atoms with E-state index in [1.54, 1.807) is 13.3 Å². The summed E-state index contributed by atoms with van der Waals surface area (Å²) in [5.74, 6) is 0.853. The average molecular weight is 419 g/mol. The Bertz CT molecular complexity index is 1140. The number of Topliss-reactive ketones (excluding diaryl/α,β-unsaturated/α-hetero) is 1. The molecular weight excluding hydrogens is 396 g/mol. The van der Waals surface area contributed by atoms with Gasteiger partial charge in [0.25, 0.3) is 0 Å². The number of nitrogens with one attached hydrogen (secondary N) is 2. The number of hydrogen-bond acceptors (Lipinski definition) is 3. The van der Waals surface area contributed by atoms with Gasteiger partial charge < -0.3 is 15.0 Å². The van der Waals surface area contributed by atoms with Gasteiger partial charge in [0.05, 0.1) is 23.7 Å². The molecule has 0 fully saturated rings. The molecule has 4 aromatic rings. The molecule has 1 aromatic heterocycles. The molecule has 0 amide bonds. The lowest BCUT2D eigenvalue weighted by Crippen LogP contribution is -2.30. The molecule has 3 aromatic carbocycles. The Morgan fingerprint density at radius 2 is 1.80 bits per heavy atom. The smallest absolute Gasteiger partial charge is 0.186 e. The highest BCUT2D eigenvalue weighted by molar-refractivity contribution is 6.35. The predicted molar refractivity (Wildman–Crippen MR) is 122 cm³/mol. The third-order valence-corrected chi connectivity index (χ3v) is 5.56. The van der Waals surface area contributed by atoms with E-state index in [-0.39, 0.29) is 5.78 Å². The fourth-order valence-electron chi connectivity index (χ4n) is 3.64. The van der Waals surface area contributed by atoms with Crippen molar-refractivity contribution in [1.29, 1.82) is 0 Å². The Hall–Kier alpha value is -3.08.